The van der Waals surface area contributed by atoms with E-state index < -0.39 is 61.2 Å². The maximum atomic E-state index is 13.7. The van der Waals surface area contributed by atoms with Gasteiger partial charge in [-0.1, -0.05) is 19.9 Å². The van der Waals surface area contributed by atoms with E-state index in [0.717, 1.165) is 0 Å². The van der Waals surface area contributed by atoms with Gasteiger partial charge in [0.15, 0.2) is 5.78 Å². The van der Waals surface area contributed by atoms with E-state index in [4.69, 9.17) is 18.3 Å². The van der Waals surface area contributed by atoms with E-state index in [1.54, 1.807) is 59.7 Å². The third-order valence-electron chi connectivity index (χ3n) is 6.94. The number of amides is 3. The lowest BCUT2D eigenvalue weighted by molar-refractivity contribution is -0.132. The predicted octanol–water partition coefficient (Wildman–Crippen LogP) is 4.66. The van der Waals surface area contributed by atoms with Gasteiger partial charge in [-0.25, -0.2) is 4.57 Å². The van der Waals surface area contributed by atoms with Crippen molar-refractivity contribution in [1.82, 2.24) is 20.9 Å². The first-order chi connectivity index (χ1) is 21.3. The zero-order valence-electron chi connectivity index (χ0n) is 28.3. The minimum absolute atomic E-state index is 0.00547. The number of aromatic nitrogens is 1. The Hall–Kier alpha value is -3.25. The van der Waals surface area contributed by atoms with Crippen LogP contribution in [0, 0.1) is 11.8 Å². The van der Waals surface area contributed by atoms with Crippen LogP contribution in [0.5, 0.6) is 5.75 Å². The first kappa shape index (κ1) is 37.2. The summed E-state index contributed by atoms with van der Waals surface area (Å²) >= 11 is 0. The summed E-state index contributed by atoms with van der Waals surface area (Å²) in [7, 11) is -2.69. The monoisotopic (exact) mass is 664 g/mol. The van der Waals surface area contributed by atoms with Crippen LogP contribution in [-0.4, -0.2) is 72.0 Å². The maximum Gasteiger partial charge on any atom is 0.476 e. The van der Waals surface area contributed by atoms with E-state index in [1.165, 1.54) is 7.11 Å². The number of Topliss-reactive ketones (excluding diaryl/α,β-unsaturated/α-hetero) is 1. The Morgan fingerprint density at radius 1 is 1.02 bits per heavy atom. The van der Waals surface area contributed by atoms with Crippen molar-refractivity contribution in [1.29, 1.82) is 0 Å². The number of nitrogens with one attached hydrogen (secondary N) is 4. The number of aromatic amines is 1. The highest BCUT2D eigenvalue weighted by molar-refractivity contribution is 7.48. The van der Waals surface area contributed by atoms with Crippen molar-refractivity contribution in [3.63, 3.8) is 0 Å². The fraction of sp³-hybridized carbons (Fsp3) is 0.625. The van der Waals surface area contributed by atoms with Crippen LogP contribution in [0.15, 0.2) is 24.3 Å². The number of fused-ring (bicyclic) bond motifs is 1. The quantitative estimate of drug-likeness (QED) is 0.198. The van der Waals surface area contributed by atoms with Gasteiger partial charge in [-0.2, -0.15) is 0 Å². The van der Waals surface area contributed by atoms with Gasteiger partial charge in [-0.3, -0.25) is 32.7 Å². The van der Waals surface area contributed by atoms with E-state index in [2.05, 4.69) is 20.9 Å². The van der Waals surface area contributed by atoms with Crippen molar-refractivity contribution in [2.75, 3.05) is 20.3 Å². The first-order valence-corrected chi connectivity index (χ1v) is 17.0. The van der Waals surface area contributed by atoms with Gasteiger partial charge in [0.1, 0.15) is 24.1 Å². The Kier molecular flexibility index (Phi) is 12.2. The number of H-pyrrole nitrogens is 1. The molecule has 1 aromatic heterocycles. The molecule has 3 rings (SSSR count). The van der Waals surface area contributed by atoms with Crippen LogP contribution in [0.1, 0.15) is 85.1 Å². The third kappa shape index (κ3) is 10.9. The summed E-state index contributed by atoms with van der Waals surface area (Å²) in [6, 6.07) is 4.85. The number of rotatable bonds is 15. The van der Waals surface area contributed by atoms with E-state index in [9.17, 15) is 23.7 Å². The molecule has 0 saturated carbocycles. The van der Waals surface area contributed by atoms with Crippen molar-refractivity contribution in [3.05, 3.63) is 30.0 Å². The highest BCUT2D eigenvalue weighted by atomic mass is 31.2. The average molecular weight is 665 g/mol. The lowest BCUT2D eigenvalue weighted by atomic mass is 9.95. The lowest BCUT2D eigenvalue weighted by Gasteiger charge is -2.31. The number of phosphoric acid groups is 1. The maximum absolute atomic E-state index is 13.7. The van der Waals surface area contributed by atoms with Crippen LogP contribution in [0.3, 0.4) is 0 Å². The summed E-state index contributed by atoms with van der Waals surface area (Å²) in [5.41, 5.74) is -0.911. The summed E-state index contributed by atoms with van der Waals surface area (Å²) in [5.74, 6) is -1.90. The molecule has 46 heavy (non-hydrogen) atoms. The number of carbonyl (C=O) groups is 4. The zero-order valence-corrected chi connectivity index (χ0v) is 29.2. The third-order valence-corrected chi connectivity index (χ3v) is 8.93. The number of phosphoric ester groups is 1. The molecule has 2 aromatic rings. The molecular formula is C32H49N4O9P. The number of ketones is 1. The Balaban J connectivity index is 1.82. The van der Waals surface area contributed by atoms with Gasteiger partial charge in [0, 0.05) is 23.4 Å². The molecule has 3 atom stereocenters. The number of carbonyl (C=O) groups excluding carboxylic acids is 4. The van der Waals surface area contributed by atoms with Crippen LogP contribution >= 0.6 is 7.82 Å². The summed E-state index contributed by atoms with van der Waals surface area (Å²) in [4.78, 5) is 56.1. The van der Waals surface area contributed by atoms with E-state index in [1.807, 2.05) is 19.9 Å². The molecule has 14 heteroatoms. The summed E-state index contributed by atoms with van der Waals surface area (Å²) in [5, 5.41) is 8.98. The van der Waals surface area contributed by atoms with Crippen LogP contribution < -0.4 is 20.7 Å². The molecule has 1 aliphatic rings. The van der Waals surface area contributed by atoms with Crippen molar-refractivity contribution < 1.29 is 42.1 Å². The van der Waals surface area contributed by atoms with Crippen molar-refractivity contribution in [2.45, 2.75) is 97.9 Å². The van der Waals surface area contributed by atoms with Crippen LogP contribution in [0.2, 0.25) is 0 Å². The summed E-state index contributed by atoms with van der Waals surface area (Å²) in [6.07, 6.45) is 0.749. The zero-order chi connectivity index (χ0) is 34.4. The summed E-state index contributed by atoms with van der Waals surface area (Å²) in [6.45, 7) is 13.6. The molecule has 0 spiro atoms. The molecule has 3 unspecified atom stereocenters. The second kappa shape index (κ2) is 15.1. The van der Waals surface area contributed by atoms with Gasteiger partial charge in [0.05, 0.1) is 24.4 Å². The fourth-order valence-electron chi connectivity index (χ4n) is 5.05. The number of hydrogen-bond donors (Lipinski definition) is 4. The van der Waals surface area contributed by atoms with Gasteiger partial charge >= 0.3 is 7.82 Å². The second-order valence-electron chi connectivity index (χ2n) is 13.9. The van der Waals surface area contributed by atoms with E-state index in [0.29, 0.717) is 29.6 Å². The SMILES string of the molecule is COc1cccc2[nH]c(C(=O)NC(CC(C)C)C(=O)NC(CC3CCNC3=O)C(=O)COP(=O)(OC(C)(C)C)OC(C)(C)C)cc12. The first-order valence-electron chi connectivity index (χ1n) is 15.5. The van der Waals surface area contributed by atoms with Crippen molar-refractivity contribution >= 4 is 42.2 Å². The smallest absolute Gasteiger partial charge is 0.476 e. The lowest BCUT2D eigenvalue weighted by Crippen LogP contribution is -2.53. The molecule has 256 valence electrons. The predicted molar refractivity (Wildman–Crippen MR) is 173 cm³/mol. The molecular weight excluding hydrogens is 615 g/mol. The molecule has 0 aliphatic carbocycles. The van der Waals surface area contributed by atoms with Gasteiger partial charge in [0.2, 0.25) is 11.8 Å². The Bertz CT molecular complexity index is 1440. The molecule has 13 nitrogen and oxygen atoms in total. The van der Waals surface area contributed by atoms with Gasteiger partial charge in [-0.05, 0) is 84.9 Å². The molecule has 2 heterocycles. The Morgan fingerprint density at radius 2 is 1.67 bits per heavy atom. The van der Waals surface area contributed by atoms with Crippen LogP contribution in [0.25, 0.3) is 10.9 Å². The summed E-state index contributed by atoms with van der Waals surface area (Å²) < 4.78 is 35.7. The second-order valence-corrected chi connectivity index (χ2v) is 15.4. The topological polar surface area (TPSA) is 174 Å². The number of benzene rings is 1. The standard InChI is InChI=1S/C32H49N4O9P/c1-19(2)15-24(36-30(40)25-17-21-22(34-25)11-10-12-27(21)42-9)29(39)35-23(16-20-13-14-33-28(20)38)26(37)18-43-46(41,44-31(3,4)5)45-32(6,7)8/h10-12,17,19-20,23-24,34H,13-16,18H2,1-9H3,(H,33,38)(H,35,39)(H,36,40). The van der Waals surface area contributed by atoms with E-state index in [-0.39, 0.29) is 30.4 Å². The number of hydrogen-bond acceptors (Lipinski definition) is 9. The molecule has 4 N–H and O–H groups in total. The molecule has 1 aromatic carbocycles. The molecule has 1 fully saturated rings. The number of methoxy groups -OCH3 is 1. The highest BCUT2D eigenvalue weighted by Gasteiger charge is 2.39. The number of ether oxygens (including phenoxy) is 1. The van der Waals surface area contributed by atoms with Crippen molar-refractivity contribution in [3.8, 4) is 5.75 Å². The Morgan fingerprint density at radius 3 is 2.22 bits per heavy atom. The highest BCUT2D eigenvalue weighted by Crippen LogP contribution is 2.55. The van der Waals surface area contributed by atoms with Crippen LogP contribution in [0.4, 0.5) is 0 Å². The molecule has 3 amide bonds. The molecule has 0 radical (unpaired) electrons. The van der Waals surface area contributed by atoms with Crippen molar-refractivity contribution in [2.24, 2.45) is 11.8 Å². The minimum atomic E-state index is -4.23. The average Bonchev–Trinajstić information content (AvgIpc) is 3.54. The van der Waals surface area contributed by atoms with Gasteiger partial charge in [-0.15, -0.1) is 0 Å². The van der Waals surface area contributed by atoms with Gasteiger partial charge in [0.25, 0.3) is 5.91 Å². The normalized spacial score (nSPS) is 17.1. The molecule has 0 bridgehead atoms. The molecule has 1 saturated heterocycles. The van der Waals surface area contributed by atoms with E-state index >= 15 is 0 Å². The molecule has 1 aliphatic heterocycles. The minimum Gasteiger partial charge on any atom is -0.496 e. The fourth-order valence-corrected chi connectivity index (χ4v) is 6.82. The van der Waals surface area contributed by atoms with Crippen LogP contribution in [-0.2, 0) is 32.5 Å². The Labute approximate surface area is 270 Å². The van der Waals surface area contributed by atoms with Gasteiger partial charge < -0.3 is 25.7 Å². The largest absolute Gasteiger partial charge is 0.496 e.